The smallest absolute Gasteiger partial charge is 0.350 e. The van der Waals surface area contributed by atoms with Crippen LogP contribution in [-0.2, 0) is 9.53 Å². The summed E-state index contributed by atoms with van der Waals surface area (Å²) in [7, 11) is 1.32. The quantitative estimate of drug-likeness (QED) is 0.520. The predicted molar refractivity (Wildman–Crippen MR) is 105 cm³/mol. The maximum absolute atomic E-state index is 12.2. The molecule has 0 radical (unpaired) electrons. The SMILES string of the molecule is COC(=O)c1sc(-c2ccccc2)cc1NC(=O)/C=C/c1ccccc1. The van der Waals surface area contributed by atoms with Crippen LogP contribution in [0.15, 0.2) is 72.8 Å². The molecular weight excluding hydrogens is 346 g/mol. The fourth-order valence-corrected chi connectivity index (χ4v) is 3.42. The summed E-state index contributed by atoms with van der Waals surface area (Å²) in [5, 5.41) is 2.77. The van der Waals surface area contributed by atoms with Crippen molar-refractivity contribution in [1.29, 1.82) is 0 Å². The minimum Gasteiger partial charge on any atom is -0.465 e. The second-order valence-electron chi connectivity index (χ2n) is 5.44. The Hall–Kier alpha value is -3.18. The number of nitrogens with one attached hydrogen (secondary N) is 1. The third-order valence-corrected chi connectivity index (χ3v) is 4.81. The Morgan fingerprint density at radius 3 is 2.31 bits per heavy atom. The van der Waals surface area contributed by atoms with Gasteiger partial charge in [-0.3, -0.25) is 4.79 Å². The summed E-state index contributed by atoms with van der Waals surface area (Å²) in [5.74, 6) is -0.782. The van der Waals surface area contributed by atoms with E-state index in [0.29, 0.717) is 10.6 Å². The minimum absolute atomic E-state index is 0.309. The van der Waals surface area contributed by atoms with Gasteiger partial charge in [-0.2, -0.15) is 0 Å². The van der Waals surface area contributed by atoms with Gasteiger partial charge in [0.2, 0.25) is 5.91 Å². The van der Waals surface area contributed by atoms with Crippen molar-refractivity contribution in [1.82, 2.24) is 0 Å². The van der Waals surface area contributed by atoms with Crippen molar-refractivity contribution in [3.63, 3.8) is 0 Å². The highest BCUT2D eigenvalue weighted by molar-refractivity contribution is 7.18. The van der Waals surface area contributed by atoms with Crippen LogP contribution in [0.2, 0.25) is 0 Å². The monoisotopic (exact) mass is 363 g/mol. The Labute approximate surface area is 155 Å². The second kappa shape index (κ2) is 8.27. The summed E-state index contributed by atoms with van der Waals surface area (Å²) < 4.78 is 4.84. The Kier molecular flexibility index (Phi) is 5.61. The molecule has 0 saturated carbocycles. The Morgan fingerprint density at radius 2 is 1.65 bits per heavy atom. The number of rotatable bonds is 5. The van der Waals surface area contributed by atoms with Gasteiger partial charge in [0.15, 0.2) is 0 Å². The van der Waals surface area contributed by atoms with E-state index >= 15 is 0 Å². The zero-order valence-electron chi connectivity index (χ0n) is 14.1. The fraction of sp³-hybridized carbons (Fsp3) is 0.0476. The second-order valence-corrected chi connectivity index (χ2v) is 6.50. The van der Waals surface area contributed by atoms with Gasteiger partial charge in [-0.25, -0.2) is 4.79 Å². The number of carbonyl (C=O) groups is 2. The maximum atomic E-state index is 12.2. The maximum Gasteiger partial charge on any atom is 0.350 e. The lowest BCUT2D eigenvalue weighted by Crippen LogP contribution is -2.10. The lowest BCUT2D eigenvalue weighted by atomic mass is 10.2. The van der Waals surface area contributed by atoms with Crippen LogP contribution < -0.4 is 5.32 Å². The van der Waals surface area contributed by atoms with Crippen LogP contribution in [0.25, 0.3) is 16.5 Å². The van der Waals surface area contributed by atoms with Gasteiger partial charge in [0.25, 0.3) is 0 Å². The van der Waals surface area contributed by atoms with Crippen molar-refractivity contribution in [2.75, 3.05) is 12.4 Å². The normalized spacial score (nSPS) is 10.7. The Balaban J connectivity index is 1.84. The predicted octanol–water partition coefficient (Wildman–Crippen LogP) is 4.85. The van der Waals surface area contributed by atoms with E-state index in [-0.39, 0.29) is 5.91 Å². The molecule has 1 aromatic heterocycles. The molecule has 2 aromatic carbocycles. The van der Waals surface area contributed by atoms with Gasteiger partial charge in [-0.05, 0) is 23.3 Å². The summed E-state index contributed by atoms with van der Waals surface area (Å²) in [6.07, 6.45) is 3.16. The standard InChI is InChI=1S/C21H17NO3S/c1-25-21(24)20-17(14-18(26-20)16-10-6-3-7-11-16)22-19(23)13-12-15-8-4-2-5-9-15/h2-14H,1H3,(H,22,23)/b13-12+. The molecule has 26 heavy (non-hydrogen) atoms. The molecule has 0 saturated heterocycles. The molecule has 130 valence electrons. The van der Waals surface area contributed by atoms with E-state index in [1.54, 1.807) is 12.1 Å². The van der Waals surface area contributed by atoms with Crippen molar-refractivity contribution in [2.24, 2.45) is 0 Å². The van der Waals surface area contributed by atoms with E-state index < -0.39 is 5.97 Å². The molecule has 1 amide bonds. The summed E-state index contributed by atoms with van der Waals surface area (Å²) in [5.41, 5.74) is 2.34. The van der Waals surface area contributed by atoms with Crippen LogP contribution in [0.4, 0.5) is 5.69 Å². The number of thiophene rings is 1. The van der Waals surface area contributed by atoms with Gasteiger partial charge in [-0.1, -0.05) is 60.7 Å². The van der Waals surface area contributed by atoms with Crippen molar-refractivity contribution in [3.8, 4) is 10.4 Å². The summed E-state index contributed by atoms with van der Waals surface area (Å²) >= 11 is 1.29. The average molecular weight is 363 g/mol. The van der Waals surface area contributed by atoms with Crippen LogP contribution in [0, 0.1) is 0 Å². The summed E-state index contributed by atoms with van der Waals surface area (Å²) in [6, 6.07) is 21.0. The molecule has 0 aliphatic heterocycles. The first-order valence-electron chi connectivity index (χ1n) is 7.99. The summed E-state index contributed by atoms with van der Waals surface area (Å²) in [6.45, 7) is 0. The third-order valence-electron chi connectivity index (χ3n) is 3.65. The first-order chi connectivity index (χ1) is 12.7. The van der Waals surface area contributed by atoms with Gasteiger partial charge in [0, 0.05) is 11.0 Å². The van der Waals surface area contributed by atoms with Crippen molar-refractivity contribution in [3.05, 3.63) is 83.2 Å². The van der Waals surface area contributed by atoms with Crippen LogP contribution in [0.3, 0.4) is 0 Å². The zero-order chi connectivity index (χ0) is 18.4. The lowest BCUT2D eigenvalue weighted by Gasteiger charge is -2.02. The molecule has 5 heteroatoms. The molecule has 0 aliphatic rings. The topological polar surface area (TPSA) is 55.4 Å². The summed E-state index contributed by atoms with van der Waals surface area (Å²) in [4.78, 5) is 25.6. The molecular formula is C21H17NO3S. The van der Waals surface area contributed by atoms with Crippen LogP contribution in [0.5, 0.6) is 0 Å². The molecule has 0 unspecified atom stereocenters. The molecule has 0 atom stereocenters. The number of amides is 1. The highest BCUT2D eigenvalue weighted by Gasteiger charge is 2.18. The van der Waals surface area contributed by atoms with Crippen molar-refractivity contribution in [2.45, 2.75) is 0 Å². The number of benzene rings is 2. The van der Waals surface area contributed by atoms with Crippen LogP contribution in [-0.4, -0.2) is 19.0 Å². The number of methoxy groups -OCH3 is 1. The number of hydrogen-bond donors (Lipinski definition) is 1. The van der Waals surface area contributed by atoms with Gasteiger partial charge < -0.3 is 10.1 Å². The highest BCUT2D eigenvalue weighted by atomic mass is 32.1. The molecule has 3 aromatic rings. The van der Waals surface area contributed by atoms with E-state index in [1.165, 1.54) is 24.5 Å². The lowest BCUT2D eigenvalue weighted by molar-refractivity contribution is -0.111. The molecule has 0 spiro atoms. The Morgan fingerprint density at radius 1 is 1.00 bits per heavy atom. The fourth-order valence-electron chi connectivity index (χ4n) is 2.38. The number of esters is 1. The first kappa shape index (κ1) is 17.6. The number of ether oxygens (including phenoxy) is 1. The van der Waals surface area contributed by atoms with Crippen LogP contribution in [0.1, 0.15) is 15.2 Å². The van der Waals surface area contributed by atoms with Crippen molar-refractivity contribution >= 4 is 35.0 Å². The third kappa shape index (κ3) is 4.26. The van der Waals surface area contributed by atoms with Gasteiger partial charge in [-0.15, -0.1) is 11.3 Å². The van der Waals surface area contributed by atoms with Gasteiger partial charge in [0.1, 0.15) is 4.88 Å². The van der Waals surface area contributed by atoms with Gasteiger partial charge in [0.05, 0.1) is 12.8 Å². The molecule has 1 N–H and O–H groups in total. The first-order valence-corrected chi connectivity index (χ1v) is 8.80. The largest absolute Gasteiger partial charge is 0.465 e. The molecule has 3 rings (SSSR count). The van der Waals surface area contributed by atoms with Crippen LogP contribution >= 0.6 is 11.3 Å². The molecule has 0 bridgehead atoms. The van der Waals surface area contributed by atoms with E-state index in [4.69, 9.17) is 4.74 Å². The molecule has 1 heterocycles. The molecule has 0 fully saturated rings. The minimum atomic E-state index is -0.473. The average Bonchev–Trinajstić information content (AvgIpc) is 3.11. The molecule has 0 aliphatic carbocycles. The molecule has 4 nitrogen and oxygen atoms in total. The van der Waals surface area contributed by atoms with E-state index in [9.17, 15) is 9.59 Å². The van der Waals surface area contributed by atoms with Gasteiger partial charge >= 0.3 is 5.97 Å². The zero-order valence-corrected chi connectivity index (χ0v) is 15.0. The van der Waals surface area contributed by atoms with E-state index in [1.807, 2.05) is 60.7 Å². The number of anilines is 1. The number of carbonyl (C=O) groups excluding carboxylic acids is 2. The number of hydrogen-bond acceptors (Lipinski definition) is 4. The highest BCUT2D eigenvalue weighted by Crippen LogP contribution is 2.35. The van der Waals surface area contributed by atoms with E-state index in [2.05, 4.69) is 5.32 Å². The van der Waals surface area contributed by atoms with Crippen molar-refractivity contribution < 1.29 is 14.3 Å². The van der Waals surface area contributed by atoms with E-state index in [0.717, 1.165) is 16.0 Å². The Bertz CT molecular complexity index is 930.